The van der Waals surface area contributed by atoms with Gasteiger partial charge in [-0.2, -0.15) is 0 Å². The van der Waals surface area contributed by atoms with Crippen LogP contribution in [-0.2, 0) is 0 Å². The van der Waals surface area contributed by atoms with Gasteiger partial charge in [0.2, 0.25) is 0 Å². The molecular formula is C17H21N3. The first-order valence-electron chi connectivity index (χ1n) is 7.76. The van der Waals surface area contributed by atoms with Gasteiger partial charge in [-0.15, -0.1) is 0 Å². The van der Waals surface area contributed by atoms with Crippen LogP contribution in [0.25, 0.3) is 10.9 Å². The summed E-state index contributed by atoms with van der Waals surface area (Å²) in [4.78, 5) is 7.12. The van der Waals surface area contributed by atoms with Crippen LogP contribution in [0, 0.1) is 0 Å². The van der Waals surface area contributed by atoms with Gasteiger partial charge in [-0.1, -0.05) is 12.5 Å². The number of hydrogen-bond donors (Lipinski definition) is 1. The monoisotopic (exact) mass is 267 g/mol. The summed E-state index contributed by atoms with van der Waals surface area (Å²) in [7, 11) is 0. The third-order valence-electron chi connectivity index (χ3n) is 4.84. The topological polar surface area (TPSA) is 28.2 Å². The van der Waals surface area contributed by atoms with Crippen molar-refractivity contribution in [2.24, 2.45) is 0 Å². The molecule has 1 aromatic carbocycles. The van der Waals surface area contributed by atoms with Gasteiger partial charge in [0.1, 0.15) is 0 Å². The van der Waals surface area contributed by atoms with Crippen LogP contribution in [0.4, 0.5) is 5.69 Å². The Morgan fingerprint density at radius 2 is 2.05 bits per heavy atom. The summed E-state index contributed by atoms with van der Waals surface area (Å²) in [5, 5.41) is 5.04. The van der Waals surface area contributed by atoms with Gasteiger partial charge in [-0.25, -0.2) is 0 Å². The maximum absolute atomic E-state index is 4.45. The number of aromatic nitrogens is 1. The fourth-order valence-corrected chi connectivity index (χ4v) is 3.84. The number of nitrogens with zero attached hydrogens (tertiary/aromatic N) is 2. The van der Waals surface area contributed by atoms with Crippen molar-refractivity contribution in [2.75, 3.05) is 18.4 Å². The van der Waals surface area contributed by atoms with E-state index >= 15 is 0 Å². The number of hydrogen-bond acceptors (Lipinski definition) is 3. The molecule has 0 spiro atoms. The molecular weight excluding hydrogens is 246 g/mol. The number of pyridine rings is 1. The lowest BCUT2D eigenvalue weighted by Gasteiger charge is -2.33. The van der Waals surface area contributed by atoms with Crippen LogP contribution in [0.2, 0.25) is 0 Å². The van der Waals surface area contributed by atoms with E-state index in [-0.39, 0.29) is 0 Å². The molecule has 0 bridgehead atoms. The van der Waals surface area contributed by atoms with Crippen LogP contribution in [0.15, 0.2) is 36.5 Å². The second-order valence-electron chi connectivity index (χ2n) is 6.01. The van der Waals surface area contributed by atoms with Gasteiger partial charge >= 0.3 is 0 Å². The molecule has 2 aliphatic rings. The van der Waals surface area contributed by atoms with E-state index in [9.17, 15) is 0 Å². The molecule has 104 valence electrons. The second-order valence-corrected chi connectivity index (χ2v) is 6.01. The van der Waals surface area contributed by atoms with E-state index in [0.717, 1.165) is 11.6 Å². The number of piperidine rings is 1. The third-order valence-corrected chi connectivity index (χ3v) is 4.84. The van der Waals surface area contributed by atoms with Gasteiger partial charge < -0.3 is 5.32 Å². The summed E-state index contributed by atoms with van der Waals surface area (Å²) in [6, 6.07) is 11.9. The van der Waals surface area contributed by atoms with Gasteiger partial charge in [0.25, 0.3) is 0 Å². The molecule has 20 heavy (non-hydrogen) atoms. The summed E-state index contributed by atoms with van der Waals surface area (Å²) < 4.78 is 0. The van der Waals surface area contributed by atoms with Gasteiger partial charge in [-0.3, -0.25) is 9.88 Å². The average molecular weight is 267 g/mol. The number of benzene rings is 1. The Kier molecular flexibility index (Phi) is 3.07. The molecule has 2 aliphatic heterocycles. The van der Waals surface area contributed by atoms with E-state index in [1.807, 2.05) is 12.3 Å². The smallest absolute Gasteiger partial charge is 0.0722 e. The lowest BCUT2D eigenvalue weighted by atomic mass is 9.98. The van der Waals surface area contributed by atoms with Gasteiger partial charge in [0.05, 0.1) is 5.52 Å². The molecule has 4 rings (SSSR count). The maximum Gasteiger partial charge on any atom is 0.0722 e. The zero-order valence-corrected chi connectivity index (χ0v) is 11.8. The molecule has 2 saturated heterocycles. The molecule has 2 aromatic rings. The molecule has 0 amide bonds. The first kappa shape index (κ1) is 12.2. The Hall–Kier alpha value is -1.61. The molecule has 1 aromatic heterocycles. The lowest BCUT2D eigenvalue weighted by Crippen LogP contribution is -2.41. The standard InChI is InChI=1S/C17H21N3/c1-2-11-20-12-9-16(17(20)8-1)19-15-7-3-6-14-13(15)5-4-10-18-14/h3-7,10,16-17,19H,1-2,8-9,11-12H2. The normalized spacial score (nSPS) is 26.6. The molecule has 2 fully saturated rings. The Bertz CT molecular complexity index is 605. The molecule has 3 heteroatoms. The van der Waals surface area contributed by atoms with Crippen LogP contribution in [0.3, 0.4) is 0 Å². The Morgan fingerprint density at radius 3 is 3.05 bits per heavy atom. The minimum Gasteiger partial charge on any atom is -0.380 e. The molecule has 3 heterocycles. The van der Waals surface area contributed by atoms with Crippen molar-refractivity contribution >= 4 is 16.6 Å². The molecule has 0 saturated carbocycles. The lowest BCUT2D eigenvalue weighted by molar-refractivity contribution is 0.193. The van der Waals surface area contributed by atoms with Gasteiger partial charge in [-0.05, 0) is 50.1 Å². The number of rotatable bonds is 2. The summed E-state index contributed by atoms with van der Waals surface area (Å²) in [5.74, 6) is 0. The molecule has 2 atom stereocenters. The van der Waals surface area contributed by atoms with Crippen molar-refractivity contribution in [3.63, 3.8) is 0 Å². The highest BCUT2D eigenvalue weighted by Crippen LogP contribution is 2.31. The summed E-state index contributed by atoms with van der Waals surface area (Å²) in [5.41, 5.74) is 2.32. The fraction of sp³-hybridized carbons (Fsp3) is 0.471. The SMILES string of the molecule is c1cc(NC2CCN3CCCCC23)c2cccnc2c1. The summed E-state index contributed by atoms with van der Waals surface area (Å²) in [6.07, 6.45) is 7.24. The van der Waals surface area contributed by atoms with Crippen molar-refractivity contribution in [1.82, 2.24) is 9.88 Å². The van der Waals surface area contributed by atoms with E-state index in [1.165, 1.54) is 49.8 Å². The highest BCUT2D eigenvalue weighted by atomic mass is 15.2. The molecule has 2 unspecified atom stereocenters. The van der Waals surface area contributed by atoms with Crippen LogP contribution < -0.4 is 5.32 Å². The van der Waals surface area contributed by atoms with Crippen LogP contribution in [-0.4, -0.2) is 35.1 Å². The van der Waals surface area contributed by atoms with Gasteiger partial charge in [0, 0.05) is 35.9 Å². The van der Waals surface area contributed by atoms with Crippen molar-refractivity contribution in [2.45, 2.75) is 37.8 Å². The zero-order valence-electron chi connectivity index (χ0n) is 11.8. The maximum atomic E-state index is 4.45. The Balaban J connectivity index is 1.61. The highest BCUT2D eigenvalue weighted by Gasteiger charge is 2.35. The predicted molar refractivity (Wildman–Crippen MR) is 83.0 cm³/mol. The zero-order chi connectivity index (χ0) is 13.4. The first-order valence-corrected chi connectivity index (χ1v) is 7.76. The van der Waals surface area contributed by atoms with E-state index < -0.39 is 0 Å². The van der Waals surface area contributed by atoms with Crippen molar-refractivity contribution in [3.8, 4) is 0 Å². The number of anilines is 1. The van der Waals surface area contributed by atoms with Crippen LogP contribution in [0.1, 0.15) is 25.7 Å². The highest BCUT2D eigenvalue weighted by molar-refractivity contribution is 5.91. The van der Waals surface area contributed by atoms with Crippen LogP contribution in [0.5, 0.6) is 0 Å². The second kappa shape index (κ2) is 5.06. The van der Waals surface area contributed by atoms with Crippen molar-refractivity contribution in [3.05, 3.63) is 36.5 Å². The summed E-state index contributed by atoms with van der Waals surface area (Å²) in [6.45, 7) is 2.55. The van der Waals surface area contributed by atoms with Gasteiger partial charge in [0.15, 0.2) is 0 Å². The third kappa shape index (κ3) is 2.06. The quantitative estimate of drug-likeness (QED) is 0.905. The predicted octanol–water partition coefficient (Wildman–Crippen LogP) is 3.27. The largest absolute Gasteiger partial charge is 0.380 e. The number of fused-ring (bicyclic) bond motifs is 2. The fourth-order valence-electron chi connectivity index (χ4n) is 3.84. The molecule has 3 nitrogen and oxygen atoms in total. The van der Waals surface area contributed by atoms with E-state index in [1.54, 1.807) is 0 Å². The Morgan fingerprint density at radius 1 is 1.05 bits per heavy atom. The van der Waals surface area contributed by atoms with E-state index in [2.05, 4.69) is 39.5 Å². The minimum absolute atomic E-state index is 0.598. The van der Waals surface area contributed by atoms with Crippen molar-refractivity contribution < 1.29 is 0 Å². The van der Waals surface area contributed by atoms with E-state index in [0.29, 0.717) is 6.04 Å². The van der Waals surface area contributed by atoms with Crippen molar-refractivity contribution in [1.29, 1.82) is 0 Å². The minimum atomic E-state index is 0.598. The molecule has 0 radical (unpaired) electrons. The molecule has 1 N–H and O–H groups in total. The number of nitrogens with one attached hydrogen (secondary N) is 1. The summed E-state index contributed by atoms with van der Waals surface area (Å²) >= 11 is 0. The Labute approximate surface area is 120 Å². The van der Waals surface area contributed by atoms with Crippen LogP contribution >= 0.6 is 0 Å². The first-order chi connectivity index (χ1) is 9.92. The average Bonchev–Trinajstić information content (AvgIpc) is 2.91. The van der Waals surface area contributed by atoms with E-state index in [4.69, 9.17) is 0 Å². The molecule has 0 aliphatic carbocycles.